The van der Waals surface area contributed by atoms with Gasteiger partial charge in [-0.3, -0.25) is 14.8 Å². The fourth-order valence-electron chi connectivity index (χ4n) is 3.31. The van der Waals surface area contributed by atoms with E-state index in [2.05, 4.69) is 40.3 Å². The monoisotopic (exact) mass is 356 g/mol. The Balaban J connectivity index is 1.71. The number of rotatable bonds is 9. The lowest BCUT2D eigenvalue weighted by atomic mass is 10.0. The van der Waals surface area contributed by atoms with Crippen LogP contribution in [0.4, 0.5) is 0 Å². The highest BCUT2D eigenvalue weighted by Crippen LogP contribution is 2.39. The average Bonchev–Trinajstić information content (AvgIpc) is 3.41. The lowest BCUT2D eigenvalue weighted by Gasteiger charge is -2.30. The standard InChI is InChI=1S/C20H28N4O2/c1-4-24(5-2)19(15-7-6-8-16(11-15)26-3)13-21-20(25)18-12-17(22-23-18)14-9-10-14/h6-8,11-12,14,19H,4-5,9-10,13H2,1-3H3,(H,21,25)(H,22,23). The number of nitrogens with zero attached hydrogens (tertiary/aromatic N) is 2. The molecule has 2 aromatic rings. The summed E-state index contributed by atoms with van der Waals surface area (Å²) in [5, 5.41) is 10.2. The summed E-state index contributed by atoms with van der Waals surface area (Å²) in [6, 6.07) is 10.0. The van der Waals surface area contributed by atoms with Gasteiger partial charge in [0.05, 0.1) is 13.2 Å². The molecule has 1 heterocycles. The van der Waals surface area contributed by atoms with Crippen LogP contribution in [0.3, 0.4) is 0 Å². The van der Waals surface area contributed by atoms with E-state index in [1.54, 1.807) is 7.11 Å². The fraction of sp³-hybridized carbons (Fsp3) is 0.500. The molecule has 3 rings (SSSR count). The van der Waals surface area contributed by atoms with E-state index >= 15 is 0 Å². The second-order valence-electron chi connectivity index (χ2n) is 6.71. The number of hydrogen-bond acceptors (Lipinski definition) is 4. The van der Waals surface area contributed by atoms with Crippen molar-refractivity contribution >= 4 is 5.91 Å². The Labute approximate surface area is 154 Å². The molecule has 6 nitrogen and oxygen atoms in total. The first kappa shape index (κ1) is 18.5. The van der Waals surface area contributed by atoms with Crippen LogP contribution in [-0.2, 0) is 0 Å². The topological polar surface area (TPSA) is 70.2 Å². The van der Waals surface area contributed by atoms with Crippen LogP contribution in [0.1, 0.15) is 60.4 Å². The van der Waals surface area contributed by atoms with Crippen LogP contribution in [0.2, 0.25) is 0 Å². The molecule has 1 atom stereocenters. The van der Waals surface area contributed by atoms with Gasteiger partial charge in [-0.1, -0.05) is 26.0 Å². The van der Waals surface area contributed by atoms with E-state index < -0.39 is 0 Å². The Morgan fingerprint density at radius 3 is 2.77 bits per heavy atom. The molecule has 0 aliphatic heterocycles. The molecule has 1 aromatic carbocycles. The lowest BCUT2D eigenvalue weighted by molar-refractivity contribution is 0.0930. The summed E-state index contributed by atoms with van der Waals surface area (Å²) < 4.78 is 5.36. The van der Waals surface area contributed by atoms with Crippen LogP contribution in [0.5, 0.6) is 5.75 Å². The van der Waals surface area contributed by atoms with E-state index in [4.69, 9.17) is 4.74 Å². The van der Waals surface area contributed by atoms with E-state index in [9.17, 15) is 4.79 Å². The quantitative estimate of drug-likeness (QED) is 0.724. The maximum Gasteiger partial charge on any atom is 0.271 e. The number of likely N-dealkylation sites (N-methyl/N-ethyl adjacent to an activating group) is 1. The van der Waals surface area contributed by atoms with Crippen molar-refractivity contribution in [1.82, 2.24) is 20.4 Å². The molecule has 0 saturated heterocycles. The number of carbonyl (C=O) groups excluding carboxylic acids is 1. The number of benzene rings is 1. The van der Waals surface area contributed by atoms with Crippen LogP contribution in [0, 0.1) is 0 Å². The zero-order valence-corrected chi connectivity index (χ0v) is 15.8. The summed E-state index contributed by atoms with van der Waals surface area (Å²) in [6.07, 6.45) is 2.37. The third-order valence-electron chi connectivity index (χ3n) is 5.04. The Hall–Kier alpha value is -2.34. The van der Waals surface area contributed by atoms with Crippen molar-refractivity contribution in [1.29, 1.82) is 0 Å². The number of aromatic amines is 1. The van der Waals surface area contributed by atoms with Crippen molar-refractivity contribution in [2.75, 3.05) is 26.7 Å². The Morgan fingerprint density at radius 1 is 1.35 bits per heavy atom. The van der Waals surface area contributed by atoms with Gasteiger partial charge < -0.3 is 10.1 Å². The van der Waals surface area contributed by atoms with Gasteiger partial charge in [-0.25, -0.2) is 0 Å². The molecule has 1 amide bonds. The van der Waals surface area contributed by atoms with Crippen LogP contribution >= 0.6 is 0 Å². The first-order valence-corrected chi connectivity index (χ1v) is 9.37. The first-order valence-electron chi connectivity index (χ1n) is 9.37. The summed E-state index contributed by atoms with van der Waals surface area (Å²) in [5.41, 5.74) is 2.67. The number of amides is 1. The van der Waals surface area contributed by atoms with E-state index in [0.29, 0.717) is 18.2 Å². The van der Waals surface area contributed by atoms with Crippen molar-refractivity contribution < 1.29 is 9.53 Å². The number of H-pyrrole nitrogens is 1. The molecule has 1 aliphatic rings. The normalized spacial score (nSPS) is 15.1. The highest BCUT2D eigenvalue weighted by atomic mass is 16.5. The van der Waals surface area contributed by atoms with Gasteiger partial charge in [-0.15, -0.1) is 0 Å². The van der Waals surface area contributed by atoms with Crippen LogP contribution in [-0.4, -0.2) is 47.7 Å². The lowest BCUT2D eigenvalue weighted by Crippen LogP contribution is -2.38. The molecule has 6 heteroatoms. The van der Waals surface area contributed by atoms with Crippen LogP contribution in [0.25, 0.3) is 0 Å². The number of carbonyl (C=O) groups is 1. The second kappa shape index (κ2) is 8.36. The maximum atomic E-state index is 12.5. The maximum absolute atomic E-state index is 12.5. The molecule has 26 heavy (non-hydrogen) atoms. The minimum atomic E-state index is -0.131. The molecule has 1 unspecified atom stereocenters. The fourth-order valence-corrected chi connectivity index (χ4v) is 3.31. The second-order valence-corrected chi connectivity index (χ2v) is 6.71. The van der Waals surface area contributed by atoms with Crippen molar-refractivity contribution in [2.24, 2.45) is 0 Å². The molecule has 1 aromatic heterocycles. The zero-order chi connectivity index (χ0) is 18.5. The Bertz CT molecular complexity index is 735. The predicted octanol–water partition coefficient (Wildman–Crippen LogP) is 3.11. The highest BCUT2D eigenvalue weighted by Gasteiger charge is 2.27. The summed E-state index contributed by atoms with van der Waals surface area (Å²) in [7, 11) is 1.67. The zero-order valence-electron chi connectivity index (χ0n) is 15.8. The number of hydrogen-bond donors (Lipinski definition) is 2. The third-order valence-corrected chi connectivity index (χ3v) is 5.04. The average molecular weight is 356 g/mol. The summed E-state index contributed by atoms with van der Waals surface area (Å²) in [4.78, 5) is 14.9. The van der Waals surface area contributed by atoms with Gasteiger partial charge in [0.2, 0.25) is 0 Å². The van der Waals surface area contributed by atoms with Crippen molar-refractivity contribution in [3.05, 3.63) is 47.3 Å². The SMILES string of the molecule is CCN(CC)C(CNC(=O)c1cc(C2CC2)[nH]n1)c1cccc(OC)c1. The molecule has 1 fully saturated rings. The largest absolute Gasteiger partial charge is 0.497 e. The van der Waals surface area contributed by atoms with Crippen molar-refractivity contribution in [3.63, 3.8) is 0 Å². The van der Waals surface area contributed by atoms with Crippen molar-refractivity contribution in [3.8, 4) is 5.75 Å². The van der Waals surface area contributed by atoms with Gasteiger partial charge in [-0.2, -0.15) is 5.10 Å². The van der Waals surface area contributed by atoms with Gasteiger partial charge in [0.15, 0.2) is 0 Å². The van der Waals surface area contributed by atoms with E-state index in [1.165, 1.54) is 12.8 Å². The van der Waals surface area contributed by atoms with Gasteiger partial charge in [0.25, 0.3) is 5.91 Å². The van der Waals surface area contributed by atoms with E-state index in [0.717, 1.165) is 30.1 Å². The molecule has 0 bridgehead atoms. The molecule has 0 radical (unpaired) electrons. The van der Waals surface area contributed by atoms with Crippen molar-refractivity contribution in [2.45, 2.75) is 38.6 Å². The van der Waals surface area contributed by atoms with Crippen LogP contribution < -0.4 is 10.1 Å². The van der Waals surface area contributed by atoms with Gasteiger partial charge in [0.1, 0.15) is 11.4 Å². The minimum absolute atomic E-state index is 0.0888. The van der Waals surface area contributed by atoms with Gasteiger partial charge in [0, 0.05) is 18.2 Å². The number of aromatic nitrogens is 2. The summed E-state index contributed by atoms with van der Waals surface area (Å²) in [6.45, 7) is 6.60. The number of methoxy groups -OCH3 is 1. The third kappa shape index (κ3) is 4.25. The number of ether oxygens (including phenoxy) is 1. The molecular formula is C20H28N4O2. The van der Waals surface area contributed by atoms with Gasteiger partial charge in [-0.05, 0) is 49.7 Å². The summed E-state index contributed by atoms with van der Waals surface area (Å²) in [5.74, 6) is 1.25. The molecule has 1 saturated carbocycles. The van der Waals surface area contributed by atoms with Crippen LogP contribution in [0.15, 0.2) is 30.3 Å². The molecule has 1 aliphatic carbocycles. The molecular weight excluding hydrogens is 328 g/mol. The number of nitrogens with one attached hydrogen (secondary N) is 2. The first-order chi connectivity index (χ1) is 12.7. The molecule has 0 spiro atoms. The van der Waals surface area contributed by atoms with Gasteiger partial charge >= 0.3 is 0 Å². The predicted molar refractivity (Wildman–Crippen MR) is 102 cm³/mol. The molecule has 140 valence electrons. The van der Waals surface area contributed by atoms with E-state index in [-0.39, 0.29) is 11.9 Å². The Kier molecular flexibility index (Phi) is 5.93. The highest BCUT2D eigenvalue weighted by molar-refractivity contribution is 5.92. The molecule has 2 N–H and O–H groups in total. The summed E-state index contributed by atoms with van der Waals surface area (Å²) >= 11 is 0. The minimum Gasteiger partial charge on any atom is -0.497 e. The Morgan fingerprint density at radius 2 is 2.12 bits per heavy atom. The smallest absolute Gasteiger partial charge is 0.271 e. The van der Waals surface area contributed by atoms with E-state index in [1.807, 2.05) is 24.3 Å².